The van der Waals surface area contributed by atoms with Crippen molar-refractivity contribution in [1.82, 2.24) is 14.5 Å². The van der Waals surface area contributed by atoms with Crippen LogP contribution in [0.15, 0.2) is 82.7 Å². The Hall–Kier alpha value is -3.42. The Balaban J connectivity index is 1.63. The highest BCUT2D eigenvalue weighted by molar-refractivity contribution is 7.99. The molecule has 0 saturated carbocycles. The lowest BCUT2D eigenvalue weighted by Gasteiger charge is -2.12. The van der Waals surface area contributed by atoms with Crippen molar-refractivity contribution in [3.63, 3.8) is 0 Å². The number of thioether (sulfide) groups is 1. The largest absolute Gasteiger partial charge is 0.349 e. The summed E-state index contributed by atoms with van der Waals surface area (Å²) in [5, 5.41) is 1.71. The third-order valence-electron chi connectivity index (χ3n) is 5.08. The Morgan fingerprint density at radius 2 is 1.75 bits per heavy atom. The van der Waals surface area contributed by atoms with Crippen molar-refractivity contribution in [2.45, 2.75) is 5.16 Å². The number of aromatic nitrogens is 3. The van der Waals surface area contributed by atoms with Gasteiger partial charge in [-0.15, -0.1) is 0 Å². The van der Waals surface area contributed by atoms with Gasteiger partial charge in [0.1, 0.15) is 16.9 Å². The summed E-state index contributed by atoms with van der Waals surface area (Å²) in [4.78, 5) is 34.0. The number of halogens is 2. The molecule has 0 aliphatic rings. The minimum absolute atomic E-state index is 0.0725. The monoisotopic (exact) mass is 463 g/mol. The van der Waals surface area contributed by atoms with E-state index in [0.29, 0.717) is 32.5 Å². The van der Waals surface area contributed by atoms with Crippen LogP contribution in [0.1, 0.15) is 10.4 Å². The zero-order valence-corrected chi connectivity index (χ0v) is 18.1. The average Bonchev–Trinajstić information content (AvgIpc) is 3.18. The van der Waals surface area contributed by atoms with E-state index in [1.165, 1.54) is 28.8 Å². The number of hydrogen-bond donors (Lipinski definition) is 1. The first kappa shape index (κ1) is 20.5. The number of aromatic amines is 1. The predicted molar refractivity (Wildman–Crippen MR) is 126 cm³/mol. The van der Waals surface area contributed by atoms with Crippen molar-refractivity contribution in [2.24, 2.45) is 0 Å². The molecule has 5 aromatic rings. The third kappa shape index (κ3) is 3.70. The van der Waals surface area contributed by atoms with Gasteiger partial charge in [0, 0.05) is 21.5 Å². The van der Waals surface area contributed by atoms with Crippen LogP contribution < -0.4 is 5.56 Å². The molecule has 0 fully saturated rings. The predicted octanol–water partition coefficient (Wildman–Crippen LogP) is 5.63. The fourth-order valence-electron chi connectivity index (χ4n) is 3.51. The lowest BCUT2D eigenvalue weighted by Crippen LogP contribution is -2.22. The molecule has 1 N–H and O–H groups in total. The standard InChI is InChI=1S/C24H15ClFN3O2S/c25-15-7-5-14(6-8-15)20(30)13-32-24-28-21-18-3-1-2-4-19(18)27-22(21)23(31)29(24)17-11-9-16(26)10-12-17/h1-12,27H,13H2. The number of benzene rings is 3. The van der Waals surface area contributed by atoms with E-state index < -0.39 is 5.82 Å². The van der Waals surface area contributed by atoms with Crippen LogP contribution in [0.4, 0.5) is 4.39 Å². The summed E-state index contributed by atoms with van der Waals surface area (Å²) in [6, 6.07) is 19.7. The SMILES string of the molecule is O=C(CSc1nc2c([nH]c3ccccc32)c(=O)n1-c1ccc(F)cc1)c1ccc(Cl)cc1. The van der Waals surface area contributed by atoms with E-state index in [-0.39, 0.29) is 17.1 Å². The summed E-state index contributed by atoms with van der Waals surface area (Å²) in [6.07, 6.45) is 0. The van der Waals surface area contributed by atoms with Crippen LogP contribution >= 0.6 is 23.4 Å². The van der Waals surface area contributed by atoms with Crippen LogP contribution in [-0.2, 0) is 0 Å². The van der Waals surface area contributed by atoms with Crippen molar-refractivity contribution in [2.75, 3.05) is 5.75 Å². The Labute approximate surface area is 190 Å². The first-order chi connectivity index (χ1) is 15.5. The second-order valence-electron chi connectivity index (χ2n) is 7.12. The number of fused-ring (bicyclic) bond motifs is 3. The smallest absolute Gasteiger partial charge is 0.283 e. The van der Waals surface area contributed by atoms with Crippen molar-refractivity contribution in [3.05, 3.63) is 99.6 Å². The maximum absolute atomic E-state index is 13.5. The highest BCUT2D eigenvalue weighted by Crippen LogP contribution is 2.27. The molecule has 5 rings (SSSR count). The number of carbonyl (C=O) groups excluding carboxylic acids is 1. The number of carbonyl (C=O) groups is 1. The molecular weight excluding hydrogens is 449 g/mol. The number of hydrogen-bond acceptors (Lipinski definition) is 4. The molecule has 0 unspecified atom stereocenters. The summed E-state index contributed by atoms with van der Waals surface area (Å²) in [6.45, 7) is 0. The lowest BCUT2D eigenvalue weighted by atomic mass is 10.1. The van der Waals surface area contributed by atoms with E-state index >= 15 is 0 Å². The van der Waals surface area contributed by atoms with Crippen LogP contribution in [0, 0.1) is 5.82 Å². The van der Waals surface area contributed by atoms with Gasteiger partial charge in [0.05, 0.1) is 11.4 Å². The summed E-state index contributed by atoms with van der Waals surface area (Å²) >= 11 is 7.06. The molecule has 0 bridgehead atoms. The zero-order valence-electron chi connectivity index (χ0n) is 16.5. The van der Waals surface area contributed by atoms with E-state index in [1.54, 1.807) is 24.3 Å². The number of nitrogens with zero attached hydrogens (tertiary/aromatic N) is 2. The Morgan fingerprint density at radius 3 is 2.50 bits per heavy atom. The van der Waals surface area contributed by atoms with Crippen molar-refractivity contribution >= 4 is 51.1 Å². The lowest BCUT2D eigenvalue weighted by molar-refractivity contribution is 0.102. The highest BCUT2D eigenvalue weighted by atomic mass is 35.5. The van der Waals surface area contributed by atoms with Crippen molar-refractivity contribution in [3.8, 4) is 5.69 Å². The molecule has 32 heavy (non-hydrogen) atoms. The van der Waals surface area contributed by atoms with Gasteiger partial charge in [-0.2, -0.15) is 0 Å². The number of rotatable bonds is 5. The molecule has 0 atom stereocenters. The van der Waals surface area contributed by atoms with Crippen molar-refractivity contribution < 1.29 is 9.18 Å². The molecular formula is C24H15ClFN3O2S. The summed E-state index contributed by atoms with van der Waals surface area (Å²) in [5.74, 6) is -0.456. The van der Waals surface area contributed by atoms with Gasteiger partial charge in [0.15, 0.2) is 10.9 Å². The molecule has 158 valence electrons. The van der Waals surface area contributed by atoms with Gasteiger partial charge in [-0.3, -0.25) is 14.2 Å². The molecule has 5 nitrogen and oxygen atoms in total. The molecule has 0 radical (unpaired) electrons. The maximum Gasteiger partial charge on any atom is 0.283 e. The van der Waals surface area contributed by atoms with Gasteiger partial charge in [0.25, 0.3) is 5.56 Å². The molecule has 0 saturated heterocycles. The minimum atomic E-state index is -0.409. The van der Waals surface area contributed by atoms with E-state index in [9.17, 15) is 14.0 Å². The fourth-order valence-corrected chi connectivity index (χ4v) is 4.53. The maximum atomic E-state index is 13.5. The number of nitrogens with one attached hydrogen (secondary N) is 1. The average molecular weight is 464 g/mol. The van der Waals surface area contributed by atoms with E-state index in [0.717, 1.165) is 22.7 Å². The van der Waals surface area contributed by atoms with Crippen molar-refractivity contribution in [1.29, 1.82) is 0 Å². The molecule has 0 amide bonds. The topological polar surface area (TPSA) is 67.8 Å². The van der Waals surface area contributed by atoms with Gasteiger partial charge >= 0.3 is 0 Å². The molecule has 2 aromatic heterocycles. The zero-order chi connectivity index (χ0) is 22.2. The first-order valence-electron chi connectivity index (χ1n) is 9.72. The Morgan fingerprint density at radius 1 is 1.03 bits per heavy atom. The normalized spacial score (nSPS) is 11.3. The second kappa shape index (κ2) is 8.26. The molecule has 0 aliphatic heterocycles. The minimum Gasteiger partial charge on any atom is -0.349 e. The Bertz CT molecular complexity index is 1530. The summed E-state index contributed by atoms with van der Waals surface area (Å²) < 4.78 is 14.9. The fraction of sp³-hybridized carbons (Fsp3) is 0.0417. The first-order valence-corrected chi connectivity index (χ1v) is 11.1. The van der Waals surface area contributed by atoms with E-state index in [4.69, 9.17) is 16.6 Å². The summed E-state index contributed by atoms with van der Waals surface area (Å²) in [5.41, 5.74) is 2.34. The molecule has 8 heteroatoms. The second-order valence-corrected chi connectivity index (χ2v) is 8.50. The van der Waals surface area contributed by atoms with E-state index in [1.807, 2.05) is 24.3 Å². The van der Waals surface area contributed by atoms with Crippen LogP contribution in [0.2, 0.25) is 5.02 Å². The van der Waals surface area contributed by atoms with Gasteiger partial charge in [-0.05, 0) is 54.6 Å². The summed E-state index contributed by atoms with van der Waals surface area (Å²) in [7, 11) is 0. The number of Topliss-reactive ketones (excluding diaryl/α,β-unsaturated/α-hetero) is 1. The highest BCUT2D eigenvalue weighted by Gasteiger charge is 2.18. The van der Waals surface area contributed by atoms with Crippen LogP contribution in [0.5, 0.6) is 0 Å². The molecule has 0 spiro atoms. The van der Waals surface area contributed by atoms with Gasteiger partial charge < -0.3 is 4.98 Å². The van der Waals surface area contributed by atoms with Gasteiger partial charge in [0.2, 0.25) is 0 Å². The van der Waals surface area contributed by atoms with Gasteiger partial charge in [-0.1, -0.05) is 41.6 Å². The van der Waals surface area contributed by atoms with Crippen LogP contribution in [0.25, 0.3) is 27.6 Å². The number of ketones is 1. The third-order valence-corrected chi connectivity index (χ3v) is 6.27. The Kier molecular flexibility index (Phi) is 5.28. The molecule has 2 heterocycles. The van der Waals surface area contributed by atoms with Crippen LogP contribution in [-0.4, -0.2) is 26.1 Å². The molecule has 3 aromatic carbocycles. The number of para-hydroxylation sites is 1. The molecule has 0 aliphatic carbocycles. The number of H-pyrrole nitrogens is 1. The van der Waals surface area contributed by atoms with E-state index in [2.05, 4.69) is 4.98 Å². The van der Waals surface area contributed by atoms with Gasteiger partial charge in [-0.25, -0.2) is 9.37 Å². The quantitative estimate of drug-likeness (QED) is 0.208. The van der Waals surface area contributed by atoms with Crippen LogP contribution in [0.3, 0.4) is 0 Å².